The molecule has 0 fully saturated rings. The third kappa shape index (κ3) is 2.67. The van der Waals surface area contributed by atoms with Gasteiger partial charge in [-0.25, -0.2) is 13.2 Å². The van der Waals surface area contributed by atoms with E-state index in [9.17, 15) is 13.2 Å². The molecule has 7 nitrogen and oxygen atoms in total. The van der Waals surface area contributed by atoms with Crippen LogP contribution >= 0.6 is 34.5 Å². The fourth-order valence-corrected chi connectivity index (χ4v) is 5.34. The van der Waals surface area contributed by atoms with Crippen LogP contribution in [0.2, 0.25) is 10.0 Å². The molecule has 0 bridgehead atoms. The number of fused-ring (bicyclic) bond motifs is 1. The van der Waals surface area contributed by atoms with Crippen molar-refractivity contribution >= 4 is 50.3 Å². The summed E-state index contributed by atoms with van der Waals surface area (Å²) in [6.45, 7) is 1.62. The molecular formula is C12H8Cl2N2O5S2. The largest absolute Gasteiger partial charge is 0.478 e. The van der Waals surface area contributed by atoms with Gasteiger partial charge in [0, 0.05) is 12.0 Å². The number of rotatable bonds is 3. The Kier molecular flexibility index (Phi) is 3.99. The normalized spacial score (nSPS) is 16.9. The summed E-state index contributed by atoms with van der Waals surface area (Å²) in [5.41, 5.74) is 0.367. The van der Waals surface area contributed by atoms with Crippen LogP contribution in [0.25, 0.3) is 0 Å². The quantitative estimate of drug-likeness (QED) is 0.850. The molecule has 1 aromatic heterocycles. The van der Waals surface area contributed by atoms with Gasteiger partial charge in [-0.2, -0.15) is 0 Å². The Balaban J connectivity index is 2.15. The van der Waals surface area contributed by atoms with E-state index < -0.39 is 21.9 Å². The van der Waals surface area contributed by atoms with Crippen LogP contribution in [0.3, 0.4) is 0 Å². The highest BCUT2D eigenvalue weighted by Gasteiger charge is 2.35. The summed E-state index contributed by atoms with van der Waals surface area (Å²) in [5.74, 6) is -1.07. The molecule has 0 radical (unpaired) electrons. The molecule has 23 heavy (non-hydrogen) atoms. The summed E-state index contributed by atoms with van der Waals surface area (Å²) in [4.78, 5) is 10.8. The first-order valence-corrected chi connectivity index (χ1v) is 9.23. The van der Waals surface area contributed by atoms with Gasteiger partial charge >= 0.3 is 5.97 Å². The standard InChI is InChI=1S/C12H8Cl2N2O5S2/c1-4-15-16-12(22-4)23(19,20)7-3-5-2-6(11(17)18)21-10(5)9(14)8(7)13/h3,6H,2H2,1H3,(H,17,18). The second-order valence-electron chi connectivity index (χ2n) is 4.73. The number of aromatic nitrogens is 2. The monoisotopic (exact) mass is 394 g/mol. The summed E-state index contributed by atoms with van der Waals surface area (Å²) >= 11 is 13.0. The Labute approximate surface area is 144 Å². The van der Waals surface area contributed by atoms with Gasteiger partial charge in [0.2, 0.25) is 14.2 Å². The lowest BCUT2D eigenvalue weighted by Crippen LogP contribution is -2.24. The Morgan fingerprint density at radius 3 is 2.65 bits per heavy atom. The molecule has 1 unspecified atom stereocenters. The number of benzene rings is 1. The van der Waals surface area contributed by atoms with Gasteiger partial charge in [-0.15, -0.1) is 10.2 Å². The van der Waals surface area contributed by atoms with Crippen molar-refractivity contribution < 1.29 is 23.1 Å². The van der Waals surface area contributed by atoms with Crippen molar-refractivity contribution in [1.82, 2.24) is 10.2 Å². The molecule has 0 aliphatic carbocycles. The van der Waals surface area contributed by atoms with E-state index in [1.807, 2.05) is 0 Å². The summed E-state index contributed by atoms with van der Waals surface area (Å²) in [7, 11) is -4.01. The van der Waals surface area contributed by atoms with Crippen molar-refractivity contribution in [1.29, 1.82) is 0 Å². The van der Waals surface area contributed by atoms with E-state index in [-0.39, 0.29) is 31.5 Å². The van der Waals surface area contributed by atoms with Gasteiger partial charge in [0.05, 0.1) is 9.92 Å². The third-order valence-corrected chi connectivity index (χ3v) is 7.12. The molecule has 1 aliphatic heterocycles. The lowest BCUT2D eigenvalue weighted by Gasteiger charge is -2.09. The zero-order valence-electron chi connectivity index (χ0n) is 11.4. The molecular weight excluding hydrogens is 387 g/mol. The summed E-state index contributed by atoms with van der Waals surface area (Å²) in [6, 6.07) is 1.28. The highest BCUT2D eigenvalue weighted by molar-refractivity contribution is 7.93. The highest BCUT2D eigenvalue weighted by Crippen LogP contribution is 2.45. The van der Waals surface area contributed by atoms with Gasteiger partial charge in [-0.05, 0) is 13.0 Å². The van der Waals surface area contributed by atoms with Gasteiger partial charge in [0.1, 0.15) is 15.8 Å². The molecule has 1 atom stereocenters. The Morgan fingerprint density at radius 2 is 2.09 bits per heavy atom. The molecule has 1 aliphatic rings. The lowest BCUT2D eigenvalue weighted by molar-refractivity contribution is -0.144. The van der Waals surface area contributed by atoms with Crippen LogP contribution in [0.5, 0.6) is 5.75 Å². The highest BCUT2D eigenvalue weighted by atomic mass is 35.5. The first-order chi connectivity index (χ1) is 10.7. The van der Waals surface area contributed by atoms with Crippen molar-refractivity contribution in [2.24, 2.45) is 0 Å². The van der Waals surface area contributed by atoms with Crippen LogP contribution in [0.1, 0.15) is 10.6 Å². The fourth-order valence-electron chi connectivity index (χ4n) is 2.11. The topological polar surface area (TPSA) is 106 Å². The van der Waals surface area contributed by atoms with Gasteiger partial charge < -0.3 is 9.84 Å². The maximum absolute atomic E-state index is 12.6. The van der Waals surface area contributed by atoms with Crippen molar-refractivity contribution in [3.05, 3.63) is 26.7 Å². The van der Waals surface area contributed by atoms with Crippen LogP contribution in [0, 0.1) is 6.92 Å². The van der Waals surface area contributed by atoms with Gasteiger partial charge in [-0.3, -0.25) is 0 Å². The number of sulfone groups is 1. The molecule has 1 aromatic carbocycles. The number of aliphatic carboxylic acids is 1. The maximum Gasteiger partial charge on any atom is 0.345 e. The molecule has 0 saturated carbocycles. The van der Waals surface area contributed by atoms with E-state index in [1.165, 1.54) is 6.07 Å². The minimum Gasteiger partial charge on any atom is -0.478 e. The van der Waals surface area contributed by atoms with Crippen LogP contribution in [-0.4, -0.2) is 35.8 Å². The van der Waals surface area contributed by atoms with Crippen molar-refractivity contribution in [2.75, 3.05) is 0 Å². The molecule has 11 heteroatoms. The number of aryl methyl sites for hydroxylation is 1. The minimum absolute atomic E-state index is 0.000771. The zero-order valence-corrected chi connectivity index (χ0v) is 14.6. The van der Waals surface area contributed by atoms with Gasteiger partial charge in [0.15, 0.2) is 6.10 Å². The second-order valence-corrected chi connectivity index (χ2v) is 8.76. The molecule has 1 N–H and O–H groups in total. The van der Waals surface area contributed by atoms with Crippen LogP contribution in [0.15, 0.2) is 15.3 Å². The smallest absolute Gasteiger partial charge is 0.345 e. The zero-order chi connectivity index (χ0) is 16.9. The number of nitrogens with zero attached hydrogens (tertiary/aromatic N) is 2. The van der Waals surface area contributed by atoms with E-state index in [0.29, 0.717) is 10.6 Å². The third-order valence-electron chi connectivity index (χ3n) is 3.17. The maximum atomic E-state index is 12.6. The van der Waals surface area contributed by atoms with Crippen molar-refractivity contribution in [2.45, 2.75) is 28.7 Å². The van der Waals surface area contributed by atoms with E-state index >= 15 is 0 Å². The number of carboxylic acid groups (broad SMARTS) is 1. The number of ether oxygens (including phenoxy) is 1. The predicted molar refractivity (Wildman–Crippen MR) is 82.3 cm³/mol. The lowest BCUT2D eigenvalue weighted by atomic mass is 10.1. The molecule has 122 valence electrons. The van der Waals surface area contributed by atoms with Crippen molar-refractivity contribution in [3.63, 3.8) is 0 Å². The number of halogens is 2. The minimum atomic E-state index is -4.01. The second kappa shape index (κ2) is 5.59. The van der Waals surface area contributed by atoms with E-state index in [2.05, 4.69) is 10.2 Å². The van der Waals surface area contributed by atoms with E-state index in [4.69, 9.17) is 33.0 Å². The number of hydrogen-bond acceptors (Lipinski definition) is 7. The number of hydrogen-bond donors (Lipinski definition) is 1. The predicted octanol–water partition coefficient (Wildman–Crippen LogP) is 2.37. The number of carbonyl (C=O) groups is 1. The molecule has 2 heterocycles. The Bertz CT molecular complexity index is 926. The molecule has 0 amide bonds. The molecule has 2 aromatic rings. The Hall–Kier alpha value is -1.42. The Morgan fingerprint density at radius 1 is 1.39 bits per heavy atom. The van der Waals surface area contributed by atoms with Gasteiger partial charge in [0.25, 0.3) is 0 Å². The van der Waals surface area contributed by atoms with Crippen molar-refractivity contribution in [3.8, 4) is 5.75 Å². The molecule has 3 rings (SSSR count). The van der Waals surface area contributed by atoms with E-state index in [0.717, 1.165) is 11.3 Å². The van der Waals surface area contributed by atoms with Gasteiger partial charge in [-0.1, -0.05) is 34.5 Å². The average molecular weight is 395 g/mol. The van der Waals surface area contributed by atoms with E-state index in [1.54, 1.807) is 6.92 Å². The molecule has 0 saturated heterocycles. The van der Waals surface area contributed by atoms with Crippen LogP contribution in [-0.2, 0) is 21.1 Å². The average Bonchev–Trinajstić information content (AvgIpc) is 3.09. The first kappa shape index (κ1) is 16.4. The fraction of sp³-hybridized carbons (Fsp3) is 0.250. The summed E-state index contributed by atoms with van der Waals surface area (Å²) in [5, 5.41) is 16.4. The first-order valence-electron chi connectivity index (χ1n) is 6.17. The summed E-state index contributed by atoms with van der Waals surface area (Å²) in [6.07, 6.45) is -1.13. The summed E-state index contributed by atoms with van der Waals surface area (Å²) < 4.78 is 30.3. The van der Waals surface area contributed by atoms with Crippen LogP contribution in [0.4, 0.5) is 0 Å². The SMILES string of the molecule is Cc1nnc(S(=O)(=O)c2cc3c(c(Cl)c2Cl)OC(C(=O)O)C3)s1. The number of carboxylic acids is 1. The molecule has 0 spiro atoms. The van der Waals surface area contributed by atoms with Crippen LogP contribution < -0.4 is 4.74 Å².